The average molecular weight is 459 g/mol. The SMILES string of the molecule is CC1=C(C(N)=O)SC(n2cnn(Cc3cc(F)cc(F)c3)c2=O)N1Cc1cnc(C)cn1. The van der Waals surface area contributed by atoms with E-state index in [4.69, 9.17) is 5.73 Å². The zero-order valence-corrected chi connectivity index (χ0v) is 18.0. The minimum absolute atomic E-state index is 0.115. The third kappa shape index (κ3) is 4.26. The number of halogens is 2. The zero-order chi connectivity index (χ0) is 23.0. The molecular weight excluding hydrogens is 440 g/mol. The van der Waals surface area contributed by atoms with Crippen molar-refractivity contribution in [2.75, 3.05) is 0 Å². The van der Waals surface area contributed by atoms with Gasteiger partial charge in [-0.2, -0.15) is 5.10 Å². The molecule has 1 unspecified atom stereocenters. The number of benzene rings is 1. The van der Waals surface area contributed by atoms with Gasteiger partial charge in [-0.25, -0.2) is 18.3 Å². The van der Waals surface area contributed by atoms with E-state index in [9.17, 15) is 18.4 Å². The van der Waals surface area contributed by atoms with Gasteiger partial charge in [0.2, 0.25) is 0 Å². The Morgan fingerprint density at radius 3 is 2.47 bits per heavy atom. The highest BCUT2D eigenvalue weighted by atomic mass is 32.2. The van der Waals surface area contributed by atoms with Crippen LogP contribution in [-0.2, 0) is 17.9 Å². The highest BCUT2D eigenvalue weighted by Gasteiger charge is 2.35. The van der Waals surface area contributed by atoms with Crippen LogP contribution in [0.4, 0.5) is 8.78 Å². The van der Waals surface area contributed by atoms with Crippen LogP contribution in [0.15, 0.2) is 52.3 Å². The molecule has 166 valence electrons. The first-order valence-electron chi connectivity index (χ1n) is 9.53. The Bertz CT molecular complexity index is 1250. The van der Waals surface area contributed by atoms with E-state index in [1.165, 1.54) is 10.9 Å². The van der Waals surface area contributed by atoms with Gasteiger partial charge in [-0.15, -0.1) is 0 Å². The Labute approximate surface area is 185 Å². The largest absolute Gasteiger partial charge is 0.365 e. The molecule has 0 bridgehead atoms. The van der Waals surface area contributed by atoms with E-state index < -0.39 is 28.7 Å². The molecule has 0 saturated carbocycles. The van der Waals surface area contributed by atoms with Crippen molar-refractivity contribution in [3.05, 3.63) is 86.6 Å². The molecular formula is C20H19F2N7O2S. The molecule has 0 fully saturated rings. The number of aromatic nitrogens is 5. The summed E-state index contributed by atoms with van der Waals surface area (Å²) in [6.07, 6.45) is 4.57. The smallest absolute Gasteiger partial charge is 0.348 e. The average Bonchev–Trinajstić information content (AvgIpc) is 3.23. The van der Waals surface area contributed by atoms with Gasteiger partial charge in [-0.05, 0) is 31.5 Å². The van der Waals surface area contributed by atoms with Crippen LogP contribution in [0.1, 0.15) is 29.4 Å². The molecule has 1 aromatic carbocycles. The summed E-state index contributed by atoms with van der Waals surface area (Å²) in [7, 11) is 0. The predicted molar refractivity (Wildman–Crippen MR) is 113 cm³/mol. The van der Waals surface area contributed by atoms with Gasteiger partial charge in [-0.3, -0.25) is 19.3 Å². The van der Waals surface area contributed by atoms with Crippen LogP contribution in [0.25, 0.3) is 0 Å². The number of thioether (sulfide) groups is 1. The second kappa shape index (κ2) is 8.54. The Hall–Kier alpha value is -3.54. The lowest BCUT2D eigenvalue weighted by Gasteiger charge is -2.27. The number of allylic oxidation sites excluding steroid dienone is 1. The van der Waals surface area contributed by atoms with E-state index in [0.29, 0.717) is 16.3 Å². The maximum atomic E-state index is 13.5. The van der Waals surface area contributed by atoms with Crippen molar-refractivity contribution in [2.45, 2.75) is 32.4 Å². The summed E-state index contributed by atoms with van der Waals surface area (Å²) >= 11 is 1.12. The number of hydrogen-bond acceptors (Lipinski definition) is 7. The van der Waals surface area contributed by atoms with Gasteiger partial charge in [0.1, 0.15) is 18.0 Å². The Morgan fingerprint density at radius 2 is 1.84 bits per heavy atom. The van der Waals surface area contributed by atoms with Crippen molar-refractivity contribution in [1.29, 1.82) is 0 Å². The third-order valence-corrected chi connectivity index (χ3v) is 6.31. The van der Waals surface area contributed by atoms with Crippen molar-refractivity contribution in [3.63, 3.8) is 0 Å². The van der Waals surface area contributed by atoms with Crippen LogP contribution in [0, 0.1) is 18.6 Å². The number of aryl methyl sites for hydroxylation is 1. The monoisotopic (exact) mass is 459 g/mol. The van der Waals surface area contributed by atoms with Gasteiger partial charge in [0.25, 0.3) is 5.91 Å². The Kier molecular flexibility index (Phi) is 5.78. The van der Waals surface area contributed by atoms with Gasteiger partial charge in [0, 0.05) is 18.0 Å². The molecule has 9 nitrogen and oxygen atoms in total. The second-order valence-corrected chi connectivity index (χ2v) is 8.32. The summed E-state index contributed by atoms with van der Waals surface area (Å²) in [6, 6.07) is 3.03. The second-order valence-electron chi connectivity index (χ2n) is 7.26. The topological polar surface area (TPSA) is 112 Å². The lowest BCUT2D eigenvalue weighted by atomic mass is 10.2. The minimum atomic E-state index is -0.741. The van der Waals surface area contributed by atoms with Gasteiger partial charge in [-0.1, -0.05) is 11.8 Å². The molecule has 0 aliphatic carbocycles. The molecule has 3 heterocycles. The molecule has 1 atom stereocenters. The molecule has 12 heteroatoms. The van der Waals surface area contributed by atoms with Crippen LogP contribution >= 0.6 is 11.8 Å². The number of carbonyl (C=O) groups is 1. The van der Waals surface area contributed by atoms with E-state index in [1.54, 1.807) is 24.2 Å². The van der Waals surface area contributed by atoms with Crippen molar-refractivity contribution in [3.8, 4) is 0 Å². The fourth-order valence-electron chi connectivity index (χ4n) is 3.35. The lowest BCUT2D eigenvalue weighted by molar-refractivity contribution is -0.114. The lowest BCUT2D eigenvalue weighted by Crippen LogP contribution is -2.33. The van der Waals surface area contributed by atoms with Crippen LogP contribution in [0.2, 0.25) is 0 Å². The van der Waals surface area contributed by atoms with E-state index >= 15 is 0 Å². The fraction of sp³-hybridized carbons (Fsp3) is 0.250. The highest BCUT2D eigenvalue weighted by molar-refractivity contribution is 8.04. The number of hydrogen-bond donors (Lipinski definition) is 1. The van der Waals surface area contributed by atoms with Crippen LogP contribution in [0.3, 0.4) is 0 Å². The van der Waals surface area contributed by atoms with Gasteiger partial charge in [0.05, 0.1) is 35.6 Å². The molecule has 0 radical (unpaired) electrons. The number of primary amides is 1. The quantitative estimate of drug-likeness (QED) is 0.599. The third-order valence-electron chi connectivity index (χ3n) is 4.89. The van der Waals surface area contributed by atoms with Gasteiger partial charge < -0.3 is 10.6 Å². The number of amides is 1. The molecule has 3 aromatic rings. The summed E-state index contributed by atoms with van der Waals surface area (Å²) in [4.78, 5) is 35.7. The Balaban J connectivity index is 1.65. The van der Waals surface area contributed by atoms with E-state index in [-0.39, 0.29) is 18.7 Å². The predicted octanol–water partition coefficient (Wildman–Crippen LogP) is 1.89. The molecule has 2 aromatic heterocycles. The minimum Gasteiger partial charge on any atom is -0.365 e. The van der Waals surface area contributed by atoms with Crippen LogP contribution in [-0.4, -0.2) is 35.1 Å². The maximum absolute atomic E-state index is 13.5. The van der Waals surface area contributed by atoms with Crippen LogP contribution < -0.4 is 11.4 Å². The maximum Gasteiger partial charge on any atom is 0.348 e. The number of carbonyl (C=O) groups excluding carboxylic acids is 1. The first-order chi connectivity index (χ1) is 15.2. The van der Waals surface area contributed by atoms with E-state index in [0.717, 1.165) is 40.3 Å². The molecule has 4 rings (SSSR count). The van der Waals surface area contributed by atoms with Gasteiger partial charge in [0.15, 0.2) is 5.50 Å². The number of nitrogens with two attached hydrogens (primary N) is 1. The summed E-state index contributed by atoms with van der Waals surface area (Å²) in [5, 5.41) is 4.08. The molecule has 1 aliphatic heterocycles. The Morgan fingerprint density at radius 1 is 1.12 bits per heavy atom. The van der Waals surface area contributed by atoms with Crippen molar-refractivity contribution in [2.24, 2.45) is 5.73 Å². The molecule has 32 heavy (non-hydrogen) atoms. The molecule has 2 N–H and O–H groups in total. The first-order valence-corrected chi connectivity index (χ1v) is 10.4. The van der Waals surface area contributed by atoms with Crippen molar-refractivity contribution in [1.82, 2.24) is 29.2 Å². The normalized spacial score (nSPS) is 16.1. The fourth-order valence-corrected chi connectivity index (χ4v) is 4.58. The number of rotatable bonds is 6. The molecule has 1 amide bonds. The van der Waals surface area contributed by atoms with Crippen molar-refractivity contribution >= 4 is 17.7 Å². The molecule has 0 spiro atoms. The number of nitrogens with zero attached hydrogens (tertiary/aromatic N) is 6. The van der Waals surface area contributed by atoms with Gasteiger partial charge >= 0.3 is 5.69 Å². The zero-order valence-electron chi connectivity index (χ0n) is 17.2. The standard InChI is InChI=1S/C20H19F2N7O2S/c1-11-6-25-16(7-24-11)9-27-12(2)17(18(23)30)32-20(27)28-10-26-29(19(28)31)8-13-3-14(21)5-15(22)4-13/h3-7,10,20H,8-9H2,1-2H3,(H2,23,30). The summed E-state index contributed by atoms with van der Waals surface area (Å²) in [6.45, 7) is 3.72. The molecule has 1 aliphatic rings. The summed E-state index contributed by atoms with van der Waals surface area (Å²) < 4.78 is 29.4. The van der Waals surface area contributed by atoms with E-state index in [2.05, 4.69) is 15.1 Å². The highest BCUT2D eigenvalue weighted by Crippen LogP contribution is 2.44. The first kappa shape index (κ1) is 21.7. The summed E-state index contributed by atoms with van der Waals surface area (Å²) in [5.41, 5.74) is 6.63. The van der Waals surface area contributed by atoms with Crippen molar-refractivity contribution < 1.29 is 13.6 Å². The summed E-state index contributed by atoms with van der Waals surface area (Å²) in [5.74, 6) is -2.09. The molecule has 0 saturated heterocycles. The van der Waals surface area contributed by atoms with E-state index in [1.807, 2.05) is 6.92 Å². The van der Waals surface area contributed by atoms with Crippen LogP contribution in [0.5, 0.6) is 0 Å².